The van der Waals surface area contributed by atoms with Crippen LogP contribution in [-0.2, 0) is 6.42 Å². The first-order valence-corrected chi connectivity index (χ1v) is 11.1. The summed E-state index contributed by atoms with van der Waals surface area (Å²) in [5, 5.41) is 40.2. The van der Waals surface area contributed by atoms with Gasteiger partial charge in [-0.05, 0) is 48.2 Å². The van der Waals surface area contributed by atoms with Crippen molar-refractivity contribution < 1.29 is 25.2 Å². The molecule has 0 spiro atoms. The van der Waals surface area contributed by atoms with Crippen LogP contribution in [0, 0.1) is 0 Å². The molecule has 0 aliphatic carbocycles. The molecule has 0 radical (unpaired) electrons. The minimum Gasteiger partial charge on any atom is -0.492 e. The summed E-state index contributed by atoms with van der Waals surface area (Å²) in [5.41, 5.74) is 2.57. The second-order valence-corrected chi connectivity index (χ2v) is 9.17. The van der Waals surface area contributed by atoms with Gasteiger partial charge in [-0.3, -0.25) is 0 Å². The zero-order valence-corrected chi connectivity index (χ0v) is 18.2. The molecule has 1 aliphatic heterocycles. The molecule has 1 heterocycles. The predicted molar refractivity (Wildman–Crippen MR) is 116 cm³/mol. The predicted octanol–water partition coefficient (Wildman–Crippen LogP) is 3.21. The Labute approximate surface area is 184 Å². The quantitative estimate of drug-likeness (QED) is 0.531. The normalized spacial score (nSPS) is 27.1. The van der Waals surface area contributed by atoms with Gasteiger partial charge in [-0.2, -0.15) is 0 Å². The van der Waals surface area contributed by atoms with Crippen molar-refractivity contribution in [3.8, 4) is 5.75 Å². The van der Waals surface area contributed by atoms with Gasteiger partial charge in [0.25, 0.3) is 0 Å². The van der Waals surface area contributed by atoms with E-state index in [2.05, 4.69) is 0 Å². The highest BCUT2D eigenvalue weighted by Gasteiger charge is 2.43. The molecule has 1 aliphatic rings. The van der Waals surface area contributed by atoms with Crippen LogP contribution in [0.1, 0.15) is 28.9 Å². The number of hydrogen-bond donors (Lipinski definition) is 4. The van der Waals surface area contributed by atoms with Crippen molar-refractivity contribution in [2.75, 3.05) is 13.2 Å². The smallest absolute Gasteiger partial charge is 0.137 e. The molecule has 5 atom stereocenters. The lowest BCUT2D eigenvalue weighted by molar-refractivity contribution is -0.0700. The molecule has 29 heavy (non-hydrogen) atoms. The summed E-state index contributed by atoms with van der Waals surface area (Å²) in [6.45, 7) is 2.13. The van der Waals surface area contributed by atoms with Crippen LogP contribution in [0.2, 0.25) is 10.0 Å². The van der Waals surface area contributed by atoms with Gasteiger partial charge in [0, 0.05) is 5.02 Å². The number of hydrogen-bond acceptors (Lipinski definition) is 6. The van der Waals surface area contributed by atoms with Gasteiger partial charge in [0.15, 0.2) is 0 Å². The molecule has 0 aromatic heterocycles. The maximum absolute atomic E-state index is 10.5. The lowest BCUT2D eigenvalue weighted by atomic mass is 9.95. The molecule has 0 unspecified atom stereocenters. The van der Waals surface area contributed by atoms with E-state index in [4.69, 9.17) is 27.9 Å². The van der Waals surface area contributed by atoms with E-state index in [1.807, 2.05) is 31.2 Å². The molecule has 4 N–H and O–H groups in total. The van der Waals surface area contributed by atoms with Gasteiger partial charge in [0.2, 0.25) is 0 Å². The van der Waals surface area contributed by atoms with E-state index in [0.717, 1.165) is 16.7 Å². The Kier molecular flexibility index (Phi) is 7.73. The third-order valence-electron chi connectivity index (χ3n) is 4.98. The fourth-order valence-corrected chi connectivity index (χ4v) is 5.28. The van der Waals surface area contributed by atoms with Gasteiger partial charge >= 0.3 is 0 Å². The number of benzene rings is 2. The molecule has 1 fully saturated rings. The van der Waals surface area contributed by atoms with Crippen LogP contribution >= 0.6 is 35.0 Å². The molecule has 0 amide bonds. The maximum atomic E-state index is 10.5. The Morgan fingerprint density at radius 3 is 2.38 bits per heavy atom. The SMILES string of the molecule is CCOc1ccc(Cc2cc([C@@H]3S[C@H](CO)[C@@H](O)[C@H](O)[C@H]3O)ccc2Cl)cc1Cl. The van der Waals surface area contributed by atoms with Gasteiger partial charge in [-0.15, -0.1) is 11.8 Å². The Bertz CT molecular complexity index is 848. The van der Waals surface area contributed by atoms with E-state index < -0.39 is 28.8 Å². The first-order chi connectivity index (χ1) is 13.8. The molecule has 2 aromatic rings. The van der Waals surface area contributed by atoms with Crippen molar-refractivity contribution in [1.29, 1.82) is 0 Å². The highest BCUT2D eigenvalue weighted by Crippen LogP contribution is 2.43. The molecule has 1 saturated heterocycles. The minimum absolute atomic E-state index is 0.294. The van der Waals surface area contributed by atoms with E-state index in [-0.39, 0.29) is 6.61 Å². The minimum atomic E-state index is -1.33. The van der Waals surface area contributed by atoms with Crippen molar-refractivity contribution >= 4 is 35.0 Å². The number of thioether (sulfide) groups is 1. The first-order valence-electron chi connectivity index (χ1n) is 9.35. The molecule has 158 valence electrons. The molecular weight excluding hydrogens is 435 g/mol. The van der Waals surface area contributed by atoms with Crippen LogP contribution in [0.4, 0.5) is 0 Å². The third-order valence-corrected chi connectivity index (χ3v) is 7.27. The highest BCUT2D eigenvalue weighted by atomic mass is 35.5. The second kappa shape index (κ2) is 9.88. The van der Waals surface area contributed by atoms with E-state index in [1.165, 1.54) is 11.8 Å². The molecule has 5 nitrogen and oxygen atoms in total. The van der Waals surface area contributed by atoms with Gasteiger partial charge < -0.3 is 25.2 Å². The van der Waals surface area contributed by atoms with Crippen LogP contribution in [0.25, 0.3) is 0 Å². The van der Waals surface area contributed by atoms with Crippen molar-refractivity contribution in [2.24, 2.45) is 0 Å². The highest BCUT2D eigenvalue weighted by molar-refractivity contribution is 8.00. The van der Waals surface area contributed by atoms with Crippen molar-refractivity contribution in [2.45, 2.75) is 42.2 Å². The number of aliphatic hydroxyl groups is 4. The lowest BCUT2D eigenvalue weighted by Crippen LogP contribution is -2.51. The van der Waals surface area contributed by atoms with Gasteiger partial charge in [-0.25, -0.2) is 0 Å². The number of aliphatic hydroxyl groups excluding tert-OH is 4. The second-order valence-electron chi connectivity index (χ2n) is 6.97. The van der Waals surface area contributed by atoms with E-state index in [9.17, 15) is 20.4 Å². The monoisotopic (exact) mass is 458 g/mol. The molecular formula is C21H24Cl2O5S. The first kappa shape index (κ1) is 22.7. The fourth-order valence-electron chi connectivity index (χ4n) is 3.43. The van der Waals surface area contributed by atoms with E-state index in [1.54, 1.807) is 12.1 Å². The molecule has 3 rings (SSSR count). The summed E-state index contributed by atoms with van der Waals surface area (Å²) in [7, 11) is 0. The zero-order valence-electron chi connectivity index (χ0n) is 15.8. The Balaban J connectivity index is 1.85. The van der Waals surface area contributed by atoms with Crippen LogP contribution in [0.3, 0.4) is 0 Å². The van der Waals surface area contributed by atoms with E-state index in [0.29, 0.717) is 28.8 Å². The van der Waals surface area contributed by atoms with E-state index >= 15 is 0 Å². The zero-order chi connectivity index (χ0) is 21.1. The molecule has 8 heteroatoms. The maximum Gasteiger partial charge on any atom is 0.137 e. The van der Waals surface area contributed by atoms with Crippen molar-refractivity contribution in [3.63, 3.8) is 0 Å². The average Bonchev–Trinajstić information content (AvgIpc) is 2.70. The number of halogens is 2. The average molecular weight is 459 g/mol. The summed E-state index contributed by atoms with van der Waals surface area (Å²) >= 11 is 13.9. The molecule has 0 bridgehead atoms. The summed E-state index contributed by atoms with van der Waals surface area (Å²) in [6, 6.07) is 11.0. The van der Waals surface area contributed by atoms with Gasteiger partial charge in [0.05, 0.1) is 40.9 Å². The molecule has 2 aromatic carbocycles. The summed E-state index contributed by atoms with van der Waals surface area (Å²) < 4.78 is 5.46. The number of rotatable bonds is 6. The summed E-state index contributed by atoms with van der Waals surface area (Å²) in [6.07, 6.45) is -3.15. The third kappa shape index (κ3) is 5.02. The van der Waals surface area contributed by atoms with Crippen LogP contribution in [0.5, 0.6) is 5.75 Å². The number of ether oxygens (including phenoxy) is 1. The standard InChI is InChI=1S/C21H24Cl2O5S/c1-2-28-16-6-3-11(8-15(16)23)7-13-9-12(4-5-14(13)22)21-20(27)19(26)18(25)17(10-24)29-21/h3-6,8-9,17-21,24-27H,2,7,10H2,1H3/t17-,18-,19+,20-,21+/m1/s1. The van der Waals surface area contributed by atoms with Crippen LogP contribution in [0.15, 0.2) is 36.4 Å². The topological polar surface area (TPSA) is 90.2 Å². The molecule has 0 saturated carbocycles. The lowest BCUT2D eigenvalue weighted by Gasteiger charge is -2.39. The fraction of sp³-hybridized carbons (Fsp3) is 0.429. The largest absolute Gasteiger partial charge is 0.492 e. The van der Waals surface area contributed by atoms with Gasteiger partial charge in [0.1, 0.15) is 11.9 Å². The Hall–Kier alpha value is -0.990. The van der Waals surface area contributed by atoms with Crippen molar-refractivity contribution in [1.82, 2.24) is 0 Å². The summed E-state index contributed by atoms with van der Waals surface area (Å²) in [5.74, 6) is 0.627. The Morgan fingerprint density at radius 2 is 1.72 bits per heavy atom. The van der Waals surface area contributed by atoms with Gasteiger partial charge in [-0.1, -0.05) is 41.4 Å². The van der Waals surface area contributed by atoms with Crippen LogP contribution in [-0.4, -0.2) is 57.2 Å². The van der Waals surface area contributed by atoms with Crippen molar-refractivity contribution in [3.05, 3.63) is 63.1 Å². The van der Waals surface area contributed by atoms with Crippen LogP contribution < -0.4 is 4.74 Å². The summed E-state index contributed by atoms with van der Waals surface area (Å²) in [4.78, 5) is 0. The Morgan fingerprint density at radius 1 is 0.966 bits per heavy atom.